The van der Waals surface area contributed by atoms with Gasteiger partial charge in [0, 0.05) is 6.92 Å². The summed E-state index contributed by atoms with van der Waals surface area (Å²) in [4.78, 5) is 14.6. The second kappa shape index (κ2) is 2.99. The molecule has 0 spiro atoms. The van der Waals surface area contributed by atoms with Gasteiger partial charge >= 0.3 is 5.97 Å². The molecule has 0 unspecified atom stereocenters. The van der Waals surface area contributed by atoms with Crippen LogP contribution in [0.4, 0.5) is 0 Å². The molecule has 0 aliphatic rings. The standard InChI is InChI=1S/C8H13NO3Si/c1-5-9-6(7(10)11)8(12-5)13(2,3)4/h1-4H3,(H,10,11). The molecule has 0 saturated carbocycles. The smallest absolute Gasteiger partial charge is 0.357 e. The lowest BCUT2D eigenvalue weighted by molar-refractivity contribution is 0.0692. The minimum absolute atomic E-state index is 0.0802. The van der Waals surface area contributed by atoms with Crippen molar-refractivity contribution in [2.75, 3.05) is 0 Å². The normalized spacial score (nSPS) is 11.7. The molecule has 1 aromatic heterocycles. The molecule has 0 amide bonds. The number of carboxylic acid groups (broad SMARTS) is 1. The van der Waals surface area contributed by atoms with Gasteiger partial charge in [-0.25, -0.2) is 9.78 Å². The molecule has 0 radical (unpaired) electrons. The molecule has 1 heterocycles. The van der Waals surface area contributed by atoms with Gasteiger partial charge in [0.2, 0.25) is 0 Å². The van der Waals surface area contributed by atoms with E-state index in [1.54, 1.807) is 6.92 Å². The van der Waals surface area contributed by atoms with Crippen molar-refractivity contribution < 1.29 is 14.3 Å². The van der Waals surface area contributed by atoms with Crippen LogP contribution in [0.5, 0.6) is 0 Å². The van der Waals surface area contributed by atoms with Crippen LogP contribution in [0.2, 0.25) is 19.6 Å². The van der Waals surface area contributed by atoms with Gasteiger partial charge in [-0.1, -0.05) is 19.6 Å². The molecule has 1 rings (SSSR count). The van der Waals surface area contributed by atoms with Crippen LogP contribution in [-0.4, -0.2) is 24.1 Å². The van der Waals surface area contributed by atoms with Crippen molar-refractivity contribution >= 4 is 19.4 Å². The molecule has 0 bridgehead atoms. The van der Waals surface area contributed by atoms with Gasteiger partial charge < -0.3 is 9.52 Å². The molecule has 0 aliphatic carbocycles. The second-order valence-corrected chi connectivity index (χ2v) is 8.92. The van der Waals surface area contributed by atoms with Gasteiger partial charge in [-0.05, 0) is 0 Å². The zero-order valence-corrected chi connectivity index (χ0v) is 9.21. The molecule has 1 aromatic rings. The van der Waals surface area contributed by atoms with E-state index in [2.05, 4.69) is 4.98 Å². The van der Waals surface area contributed by atoms with Crippen LogP contribution in [0.15, 0.2) is 4.42 Å². The Bertz CT molecular complexity index is 338. The number of aryl methyl sites for hydroxylation is 1. The first-order valence-electron chi connectivity index (χ1n) is 4.03. The molecule has 72 valence electrons. The topological polar surface area (TPSA) is 63.3 Å². The number of carbonyl (C=O) groups is 1. The van der Waals surface area contributed by atoms with E-state index < -0.39 is 14.0 Å². The molecule has 5 heteroatoms. The van der Waals surface area contributed by atoms with Gasteiger partial charge in [0.25, 0.3) is 0 Å². The highest BCUT2D eigenvalue weighted by Crippen LogP contribution is 2.08. The third-order valence-corrected chi connectivity index (χ3v) is 3.32. The van der Waals surface area contributed by atoms with Crippen molar-refractivity contribution in [2.45, 2.75) is 26.6 Å². The van der Waals surface area contributed by atoms with E-state index in [4.69, 9.17) is 9.52 Å². The summed E-state index contributed by atoms with van der Waals surface area (Å²) < 4.78 is 5.31. The van der Waals surface area contributed by atoms with Crippen LogP contribution >= 0.6 is 0 Å². The molecule has 0 aromatic carbocycles. The Labute approximate surface area is 77.6 Å². The minimum Gasteiger partial charge on any atom is -0.476 e. The van der Waals surface area contributed by atoms with E-state index >= 15 is 0 Å². The van der Waals surface area contributed by atoms with E-state index in [-0.39, 0.29) is 5.69 Å². The lowest BCUT2D eigenvalue weighted by atomic mass is 10.5. The summed E-state index contributed by atoms with van der Waals surface area (Å²) in [6, 6.07) is 0. The number of nitrogens with zero attached hydrogens (tertiary/aromatic N) is 1. The van der Waals surface area contributed by atoms with Crippen LogP contribution in [-0.2, 0) is 0 Å². The summed E-state index contributed by atoms with van der Waals surface area (Å²) in [6.45, 7) is 7.74. The molecular weight excluding hydrogens is 186 g/mol. The third kappa shape index (κ3) is 1.98. The average molecular weight is 199 g/mol. The first-order valence-corrected chi connectivity index (χ1v) is 7.53. The van der Waals surface area contributed by atoms with E-state index in [1.165, 1.54) is 0 Å². The number of oxazole rings is 1. The van der Waals surface area contributed by atoms with Gasteiger partial charge in [-0.15, -0.1) is 0 Å². The van der Waals surface area contributed by atoms with Crippen molar-refractivity contribution in [3.63, 3.8) is 0 Å². The largest absolute Gasteiger partial charge is 0.476 e. The Kier molecular flexibility index (Phi) is 2.29. The number of aromatic nitrogens is 1. The number of carboxylic acids is 1. The lowest BCUT2D eigenvalue weighted by Gasteiger charge is -2.11. The summed E-state index contributed by atoms with van der Waals surface area (Å²) >= 11 is 0. The fourth-order valence-electron chi connectivity index (χ4n) is 1.08. The van der Waals surface area contributed by atoms with Crippen LogP contribution in [0.1, 0.15) is 16.4 Å². The van der Waals surface area contributed by atoms with Gasteiger partial charge in [0.05, 0.1) is 0 Å². The number of aromatic carboxylic acids is 1. The van der Waals surface area contributed by atoms with Crippen molar-refractivity contribution in [1.82, 2.24) is 4.98 Å². The fraction of sp³-hybridized carbons (Fsp3) is 0.500. The maximum Gasteiger partial charge on any atom is 0.357 e. The summed E-state index contributed by atoms with van der Waals surface area (Å²) in [7, 11) is -1.73. The summed E-state index contributed by atoms with van der Waals surface area (Å²) in [5, 5.41) is 9.41. The summed E-state index contributed by atoms with van der Waals surface area (Å²) in [5.41, 5.74) is 0.0802. The first kappa shape index (κ1) is 9.98. The molecule has 0 fully saturated rings. The second-order valence-electron chi connectivity index (χ2n) is 3.97. The van der Waals surface area contributed by atoms with Crippen LogP contribution in [0.25, 0.3) is 0 Å². The molecule has 0 aliphatic heterocycles. The maximum absolute atomic E-state index is 10.8. The molecule has 0 atom stereocenters. The van der Waals surface area contributed by atoms with Crippen LogP contribution in [0, 0.1) is 6.92 Å². The van der Waals surface area contributed by atoms with E-state index in [0.29, 0.717) is 11.3 Å². The minimum atomic E-state index is -1.73. The highest BCUT2D eigenvalue weighted by atomic mass is 28.3. The highest BCUT2D eigenvalue weighted by molar-refractivity contribution is 6.88. The van der Waals surface area contributed by atoms with E-state index in [0.717, 1.165) is 0 Å². The number of rotatable bonds is 2. The Morgan fingerprint density at radius 1 is 1.46 bits per heavy atom. The van der Waals surface area contributed by atoms with Crippen molar-refractivity contribution in [1.29, 1.82) is 0 Å². The maximum atomic E-state index is 10.8. The van der Waals surface area contributed by atoms with Crippen LogP contribution in [0.3, 0.4) is 0 Å². The quantitative estimate of drug-likeness (QED) is 0.727. The monoisotopic (exact) mass is 199 g/mol. The average Bonchev–Trinajstić information content (AvgIpc) is 2.29. The molecule has 1 N–H and O–H groups in total. The predicted octanol–water partition coefficient (Wildman–Crippen LogP) is 1.23. The Morgan fingerprint density at radius 2 is 2.00 bits per heavy atom. The molecule has 4 nitrogen and oxygen atoms in total. The molecule has 0 saturated heterocycles. The van der Waals surface area contributed by atoms with Gasteiger partial charge in [-0.3, -0.25) is 0 Å². The summed E-state index contributed by atoms with van der Waals surface area (Å²) in [5.74, 6) is -0.580. The van der Waals surface area contributed by atoms with Gasteiger partial charge in [0.1, 0.15) is 13.5 Å². The lowest BCUT2D eigenvalue weighted by Crippen LogP contribution is -2.40. The Balaban J connectivity index is 3.28. The molecular formula is C8H13NO3Si. The molecule has 13 heavy (non-hydrogen) atoms. The predicted molar refractivity (Wildman–Crippen MR) is 51.2 cm³/mol. The number of hydrogen-bond acceptors (Lipinski definition) is 3. The Hall–Kier alpha value is -1.10. The van der Waals surface area contributed by atoms with Crippen molar-refractivity contribution in [2.24, 2.45) is 0 Å². The zero-order valence-electron chi connectivity index (χ0n) is 8.21. The first-order chi connectivity index (χ1) is 5.82. The van der Waals surface area contributed by atoms with E-state index in [1.807, 2.05) is 19.6 Å². The number of hydrogen-bond donors (Lipinski definition) is 1. The Morgan fingerprint density at radius 3 is 2.31 bits per heavy atom. The highest BCUT2D eigenvalue weighted by Gasteiger charge is 2.29. The van der Waals surface area contributed by atoms with Crippen molar-refractivity contribution in [3.8, 4) is 0 Å². The van der Waals surface area contributed by atoms with E-state index in [9.17, 15) is 4.79 Å². The third-order valence-electron chi connectivity index (χ3n) is 1.62. The van der Waals surface area contributed by atoms with Gasteiger partial charge in [-0.2, -0.15) is 0 Å². The van der Waals surface area contributed by atoms with Crippen LogP contribution < -0.4 is 5.38 Å². The van der Waals surface area contributed by atoms with Gasteiger partial charge in [0.15, 0.2) is 11.6 Å². The SMILES string of the molecule is Cc1nc(C(=O)O)c([Si](C)(C)C)o1. The van der Waals surface area contributed by atoms with Crippen molar-refractivity contribution in [3.05, 3.63) is 11.6 Å². The summed E-state index contributed by atoms with van der Waals surface area (Å²) in [6.07, 6.45) is 0. The zero-order chi connectivity index (χ0) is 10.2. The fourth-order valence-corrected chi connectivity index (χ4v) is 2.41.